The van der Waals surface area contributed by atoms with Crippen molar-refractivity contribution in [2.24, 2.45) is 23.7 Å². The van der Waals surface area contributed by atoms with E-state index in [0.29, 0.717) is 66.0 Å². The first-order valence-corrected chi connectivity index (χ1v) is 19.5. The summed E-state index contributed by atoms with van der Waals surface area (Å²) in [6, 6.07) is 20.6. The second kappa shape index (κ2) is 14.1. The molecule has 4 amide bonds. The second-order valence-electron chi connectivity index (χ2n) is 15.1. The average Bonchev–Trinajstić information content (AvgIpc) is 3.59. The highest BCUT2D eigenvalue weighted by atomic mass is 35.5. The third-order valence-corrected chi connectivity index (χ3v) is 12.8. The average molecular weight is 833 g/mol. The van der Waals surface area contributed by atoms with Crippen molar-refractivity contribution in [2.75, 3.05) is 41.5 Å². The summed E-state index contributed by atoms with van der Waals surface area (Å²) in [7, 11) is 0. The summed E-state index contributed by atoms with van der Waals surface area (Å²) in [5.74, 6) is -7.00. The van der Waals surface area contributed by atoms with Gasteiger partial charge in [-0.25, -0.2) is 4.98 Å². The molecule has 6 unspecified atom stereocenters. The van der Waals surface area contributed by atoms with Crippen molar-refractivity contribution in [1.29, 1.82) is 0 Å². The molecule has 4 fully saturated rings. The number of alkyl halides is 3. The van der Waals surface area contributed by atoms with Crippen molar-refractivity contribution in [3.05, 3.63) is 123 Å². The van der Waals surface area contributed by atoms with Crippen molar-refractivity contribution in [3.63, 3.8) is 0 Å². The molecule has 3 saturated heterocycles. The summed E-state index contributed by atoms with van der Waals surface area (Å²) in [5.41, 5.74) is 2.82. The first-order valence-electron chi connectivity index (χ1n) is 18.7. The summed E-state index contributed by atoms with van der Waals surface area (Å²) < 4.78 is 46.0. The Kier molecular flexibility index (Phi) is 9.29. The summed E-state index contributed by atoms with van der Waals surface area (Å²) in [4.78, 5) is 66.3. The van der Waals surface area contributed by atoms with Gasteiger partial charge in [0.15, 0.2) is 5.82 Å². The lowest BCUT2D eigenvalue weighted by atomic mass is 9.49. The van der Waals surface area contributed by atoms with Gasteiger partial charge in [-0.3, -0.25) is 29.5 Å². The lowest BCUT2D eigenvalue weighted by Crippen LogP contribution is -2.53. The number of hydrogen-bond donors (Lipinski definition) is 2. The predicted octanol–water partition coefficient (Wildman–Crippen LogP) is 7.14. The number of benzene rings is 3. The van der Waals surface area contributed by atoms with Gasteiger partial charge in [0, 0.05) is 35.9 Å². The minimum absolute atomic E-state index is 0.0238. The number of amides is 4. The molecule has 58 heavy (non-hydrogen) atoms. The maximum atomic E-state index is 15.3. The molecule has 6 atom stereocenters. The summed E-state index contributed by atoms with van der Waals surface area (Å²) in [5, 5.41) is 11.0. The summed E-state index contributed by atoms with van der Waals surface area (Å²) in [6.45, 7) is 2.62. The van der Waals surface area contributed by atoms with Crippen LogP contribution in [-0.4, -0.2) is 65.0 Å². The van der Waals surface area contributed by atoms with Crippen molar-refractivity contribution < 1.29 is 42.2 Å². The Morgan fingerprint density at radius 2 is 1.52 bits per heavy atom. The fourth-order valence-corrected chi connectivity index (χ4v) is 10.0. The van der Waals surface area contributed by atoms with E-state index in [4.69, 9.17) is 27.9 Å². The number of carbonyl (C=O) groups is 4. The van der Waals surface area contributed by atoms with Crippen LogP contribution >= 0.6 is 23.2 Å². The molecule has 0 bridgehead atoms. The highest BCUT2D eigenvalue weighted by Crippen LogP contribution is 2.64. The minimum atomic E-state index is -4.75. The number of aromatic hydroxyl groups is 1. The van der Waals surface area contributed by atoms with Gasteiger partial charge in [0.25, 0.3) is 11.8 Å². The van der Waals surface area contributed by atoms with Gasteiger partial charge in [-0.15, -0.1) is 0 Å². The van der Waals surface area contributed by atoms with Gasteiger partial charge in [-0.05, 0) is 84.5 Å². The highest BCUT2D eigenvalue weighted by molar-refractivity contribution is 6.33. The second-order valence-corrected chi connectivity index (χ2v) is 16.0. The first kappa shape index (κ1) is 38.1. The Labute approximate surface area is 339 Å². The van der Waals surface area contributed by atoms with Crippen LogP contribution in [0.4, 0.5) is 30.4 Å². The number of pyridine rings is 1. The minimum Gasteiger partial charge on any atom is -0.508 e. The Bertz CT molecular complexity index is 2370. The van der Waals surface area contributed by atoms with Gasteiger partial charge in [-0.2, -0.15) is 18.2 Å². The zero-order chi connectivity index (χ0) is 40.7. The SMILES string of the molecule is O=C1C2CC3C(=CCC4C(=O)N(c5ccc(N6CCOCC6)cc5)C(=O)C43)C(c3ccc(O)cc3)C2(c2ccc(Cl)cc2)C(=O)N1Nc1ncc(C(F)(F)F)cc1Cl. The van der Waals surface area contributed by atoms with Crippen LogP contribution in [-0.2, 0) is 35.5 Å². The smallest absolute Gasteiger partial charge is 0.417 e. The molecule has 0 radical (unpaired) electrons. The fraction of sp³-hybridized carbons (Fsp3) is 0.310. The Balaban J connectivity index is 1.15. The van der Waals surface area contributed by atoms with Crippen LogP contribution in [0, 0.1) is 23.7 Å². The van der Waals surface area contributed by atoms with E-state index in [1.54, 1.807) is 48.5 Å². The van der Waals surface area contributed by atoms with Crippen LogP contribution in [0.2, 0.25) is 10.0 Å². The number of phenolic OH excluding ortho intramolecular Hbond substituents is 1. The number of nitrogens with one attached hydrogen (secondary N) is 1. The van der Waals surface area contributed by atoms with E-state index in [1.165, 1.54) is 17.0 Å². The lowest BCUT2D eigenvalue weighted by Gasteiger charge is -2.50. The number of halogens is 5. The number of nitrogens with zero attached hydrogens (tertiary/aromatic N) is 4. The number of fused-ring (bicyclic) bond motifs is 4. The molecule has 4 heterocycles. The van der Waals surface area contributed by atoms with Crippen LogP contribution in [0.25, 0.3) is 0 Å². The molecule has 3 aliphatic heterocycles. The van der Waals surface area contributed by atoms with Gasteiger partial charge in [0.05, 0.1) is 52.7 Å². The quantitative estimate of drug-likeness (QED) is 0.154. The molecule has 2 aliphatic carbocycles. The van der Waals surface area contributed by atoms with Crippen LogP contribution < -0.4 is 15.2 Å². The van der Waals surface area contributed by atoms with E-state index in [-0.39, 0.29) is 30.3 Å². The molecule has 4 aromatic rings. The molecule has 1 aromatic heterocycles. The summed E-state index contributed by atoms with van der Waals surface area (Å²) >= 11 is 12.6. The van der Waals surface area contributed by atoms with Crippen LogP contribution in [0.15, 0.2) is 96.7 Å². The number of aromatic nitrogens is 1. The number of imide groups is 2. The Morgan fingerprint density at radius 3 is 2.17 bits per heavy atom. The Morgan fingerprint density at radius 1 is 0.845 bits per heavy atom. The first-order chi connectivity index (χ1) is 27.8. The molecule has 16 heteroatoms. The number of hydrogen-bond acceptors (Lipinski definition) is 9. The van der Waals surface area contributed by atoms with Gasteiger partial charge >= 0.3 is 6.18 Å². The number of hydrazine groups is 1. The number of morpholine rings is 1. The molecule has 2 N–H and O–H groups in total. The molecule has 9 rings (SSSR count). The van der Waals surface area contributed by atoms with E-state index in [0.717, 1.165) is 10.7 Å². The molecule has 1 saturated carbocycles. The van der Waals surface area contributed by atoms with Crippen molar-refractivity contribution in [3.8, 4) is 5.75 Å². The van der Waals surface area contributed by atoms with E-state index >= 15 is 4.79 Å². The van der Waals surface area contributed by atoms with E-state index in [1.807, 2.05) is 18.2 Å². The van der Waals surface area contributed by atoms with Crippen molar-refractivity contribution >= 4 is 64.0 Å². The number of phenols is 1. The number of ether oxygens (including phenoxy) is 1. The monoisotopic (exact) mass is 831 g/mol. The number of rotatable bonds is 6. The number of anilines is 3. The molecule has 0 spiro atoms. The van der Waals surface area contributed by atoms with E-state index in [9.17, 15) is 32.7 Å². The molecule has 5 aliphatic rings. The lowest BCUT2D eigenvalue weighted by molar-refractivity contribution is -0.139. The maximum absolute atomic E-state index is 15.3. The summed E-state index contributed by atoms with van der Waals surface area (Å²) in [6.07, 6.45) is -2.14. The number of allylic oxidation sites excluding steroid dienone is 2. The fourth-order valence-electron chi connectivity index (χ4n) is 9.71. The molecule has 11 nitrogen and oxygen atoms in total. The van der Waals surface area contributed by atoms with Gasteiger partial charge in [0.2, 0.25) is 11.8 Å². The number of carbonyl (C=O) groups excluding carboxylic acids is 4. The standard InChI is InChI=1S/C42H34Cl2F3N5O6/c43-25-5-3-23(4-6-25)41-32(38(55)52(40(41)57)49-36-33(44)19-24(21-48-36)42(45,46)47)20-31-29(35(41)22-1-11-28(53)12-2-22)13-14-30-34(31)39(56)51(37(30)54)27-9-7-26(8-10-27)50-15-17-58-18-16-50/h1-13,19,21,30-32,34-35,53H,14-18,20H2,(H,48,49). The molecule has 298 valence electrons. The van der Waals surface area contributed by atoms with Crippen LogP contribution in [0.5, 0.6) is 5.75 Å². The van der Waals surface area contributed by atoms with E-state index < -0.39 is 69.5 Å². The van der Waals surface area contributed by atoms with Gasteiger partial charge < -0.3 is 14.7 Å². The normalized spacial score (nSPS) is 27.0. The maximum Gasteiger partial charge on any atom is 0.417 e. The zero-order valence-corrected chi connectivity index (χ0v) is 32.0. The Hall–Kier alpha value is -5.44. The third-order valence-electron chi connectivity index (χ3n) is 12.3. The van der Waals surface area contributed by atoms with Gasteiger partial charge in [0.1, 0.15) is 5.75 Å². The highest BCUT2D eigenvalue weighted by Gasteiger charge is 2.70. The zero-order valence-electron chi connectivity index (χ0n) is 30.5. The predicted molar refractivity (Wildman–Crippen MR) is 207 cm³/mol. The van der Waals surface area contributed by atoms with Crippen molar-refractivity contribution in [2.45, 2.75) is 30.4 Å². The largest absolute Gasteiger partial charge is 0.508 e. The molecular formula is C42H34Cl2F3N5O6. The van der Waals surface area contributed by atoms with Gasteiger partial charge in [-0.1, -0.05) is 59.1 Å². The van der Waals surface area contributed by atoms with Crippen LogP contribution in [0.1, 0.15) is 35.4 Å². The molecular weight excluding hydrogens is 798 g/mol. The van der Waals surface area contributed by atoms with Crippen molar-refractivity contribution in [1.82, 2.24) is 9.99 Å². The third kappa shape index (κ3) is 5.94. The molecule has 3 aromatic carbocycles. The van der Waals surface area contributed by atoms with Crippen LogP contribution in [0.3, 0.4) is 0 Å². The topological polar surface area (TPSA) is 132 Å². The van der Waals surface area contributed by atoms with E-state index in [2.05, 4.69) is 15.3 Å².